The summed E-state index contributed by atoms with van der Waals surface area (Å²) in [7, 11) is 0. The highest BCUT2D eigenvalue weighted by Gasteiger charge is 2.52. The zero-order chi connectivity index (χ0) is 46.2. The number of aromatic nitrogens is 1. The van der Waals surface area contributed by atoms with Gasteiger partial charge in [-0.3, -0.25) is 0 Å². The molecule has 1 heterocycles. The molecule has 2 aliphatic rings. The van der Waals surface area contributed by atoms with Crippen LogP contribution in [0, 0.1) is 0 Å². The van der Waals surface area contributed by atoms with E-state index in [2.05, 4.69) is 287 Å². The average molecular weight is 892 g/mol. The van der Waals surface area contributed by atoms with E-state index in [1.54, 1.807) is 0 Å². The van der Waals surface area contributed by atoms with E-state index in [1.807, 2.05) is 0 Å². The number of benzene rings is 11. The second-order valence-corrected chi connectivity index (χ2v) is 18.4. The predicted molar refractivity (Wildman–Crippen MR) is 292 cm³/mol. The van der Waals surface area contributed by atoms with Crippen molar-refractivity contribution in [3.63, 3.8) is 0 Å². The Morgan fingerprint density at radius 3 is 1.53 bits per heavy atom. The first-order valence-corrected chi connectivity index (χ1v) is 24.2. The van der Waals surface area contributed by atoms with Crippen molar-refractivity contribution in [1.29, 1.82) is 0 Å². The maximum Gasteiger partial charge on any atom is 0.0727 e. The highest BCUT2D eigenvalue weighted by molar-refractivity contribution is 6.11. The number of hydrogen-bond donors (Lipinski definition) is 0. The SMILES string of the molecule is c1ccc(-c2ccc(N(c3ccccc3)c3ccc4c(c3)C3(c5ccccc5-4)c4ccccc4-c4c(N(c5ccccc5)c5ccc6c7ccccc7n(-c7ccccc7)c6c5)cccc43)cc2)cc1. The summed E-state index contributed by atoms with van der Waals surface area (Å²) in [6.45, 7) is 0. The minimum atomic E-state index is -0.588. The Hall–Kier alpha value is -9.18. The highest BCUT2D eigenvalue weighted by atomic mass is 15.2. The minimum absolute atomic E-state index is 0.588. The number of anilines is 6. The van der Waals surface area contributed by atoms with Gasteiger partial charge < -0.3 is 14.4 Å². The molecule has 0 saturated heterocycles. The van der Waals surface area contributed by atoms with E-state index >= 15 is 0 Å². The molecule has 1 spiro atoms. The largest absolute Gasteiger partial charge is 0.310 e. The molecule has 11 aromatic carbocycles. The van der Waals surface area contributed by atoms with Gasteiger partial charge in [0.1, 0.15) is 0 Å². The number of rotatable bonds is 8. The van der Waals surface area contributed by atoms with Gasteiger partial charge in [-0.15, -0.1) is 0 Å². The number of hydrogen-bond acceptors (Lipinski definition) is 2. The van der Waals surface area contributed by atoms with E-state index in [0.717, 1.165) is 39.8 Å². The first kappa shape index (κ1) is 39.9. The molecule has 14 rings (SSSR count). The van der Waals surface area contributed by atoms with Crippen LogP contribution >= 0.6 is 0 Å². The third-order valence-corrected chi connectivity index (χ3v) is 14.8. The van der Waals surface area contributed by atoms with Crippen LogP contribution in [0.25, 0.3) is 60.9 Å². The van der Waals surface area contributed by atoms with Gasteiger partial charge in [-0.05, 0) is 135 Å². The van der Waals surface area contributed by atoms with Crippen molar-refractivity contribution < 1.29 is 0 Å². The second-order valence-electron chi connectivity index (χ2n) is 18.4. The third kappa shape index (κ3) is 5.95. The quantitative estimate of drug-likeness (QED) is 0.151. The van der Waals surface area contributed by atoms with Crippen molar-refractivity contribution in [3.05, 3.63) is 295 Å². The van der Waals surface area contributed by atoms with Crippen LogP contribution in [0.5, 0.6) is 0 Å². The molecule has 0 N–H and O–H groups in total. The van der Waals surface area contributed by atoms with E-state index in [1.165, 1.54) is 77.4 Å². The fraction of sp³-hybridized carbons (Fsp3) is 0.0149. The summed E-state index contributed by atoms with van der Waals surface area (Å²) in [5, 5.41) is 2.47. The van der Waals surface area contributed by atoms with Crippen molar-refractivity contribution in [3.8, 4) is 39.1 Å². The Kier molecular flexibility index (Phi) is 9.11. The van der Waals surface area contributed by atoms with Crippen LogP contribution in [0.15, 0.2) is 273 Å². The fourth-order valence-electron chi connectivity index (χ4n) is 11.9. The van der Waals surface area contributed by atoms with Gasteiger partial charge >= 0.3 is 0 Å². The van der Waals surface area contributed by atoms with Crippen LogP contribution in [-0.4, -0.2) is 4.57 Å². The number of para-hydroxylation sites is 4. The molecule has 0 saturated carbocycles. The van der Waals surface area contributed by atoms with E-state index in [-0.39, 0.29) is 0 Å². The van der Waals surface area contributed by atoms with Crippen molar-refractivity contribution in [2.75, 3.05) is 9.80 Å². The molecule has 2 aliphatic carbocycles. The maximum absolute atomic E-state index is 2.48. The lowest BCUT2D eigenvalue weighted by Crippen LogP contribution is -2.26. The van der Waals surface area contributed by atoms with Crippen LogP contribution in [0.1, 0.15) is 22.3 Å². The molecule has 328 valence electrons. The van der Waals surface area contributed by atoms with Crippen molar-refractivity contribution in [1.82, 2.24) is 4.57 Å². The first-order chi connectivity index (χ1) is 34.8. The molecule has 0 amide bonds. The lowest BCUT2D eigenvalue weighted by atomic mass is 9.70. The molecule has 0 radical (unpaired) electrons. The van der Waals surface area contributed by atoms with Gasteiger partial charge in [-0.25, -0.2) is 0 Å². The van der Waals surface area contributed by atoms with Gasteiger partial charge in [0.25, 0.3) is 0 Å². The fourth-order valence-corrected chi connectivity index (χ4v) is 11.9. The van der Waals surface area contributed by atoms with Crippen LogP contribution in [0.4, 0.5) is 34.1 Å². The van der Waals surface area contributed by atoms with E-state index in [9.17, 15) is 0 Å². The Morgan fingerprint density at radius 1 is 0.286 bits per heavy atom. The Labute approximate surface area is 408 Å². The summed E-state index contributed by atoms with van der Waals surface area (Å²) in [5.41, 5.74) is 22.2. The van der Waals surface area contributed by atoms with Gasteiger partial charge in [-0.1, -0.05) is 188 Å². The zero-order valence-corrected chi connectivity index (χ0v) is 38.3. The van der Waals surface area contributed by atoms with Gasteiger partial charge in [0.05, 0.1) is 22.1 Å². The monoisotopic (exact) mass is 891 g/mol. The minimum Gasteiger partial charge on any atom is -0.310 e. The topological polar surface area (TPSA) is 11.4 Å². The van der Waals surface area contributed by atoms with Crippen LogP contribution in [-0.2, 0) is 5.41 Å². The summed E-state index contributed by atoms with van der Waals surface area (Å²) < 4.78 is 2.41. The highest BCUT2D eigenvalue weighted by Crippen LogP contribution is 2.65. The third-order valence-electron chi connectivity index (χ3n) is 14.8. The van der Waals surface area contributed by atoms with E-state index in [0.29, 0.717) is 0 Å². The Balaban J connectivity index is 0.999. The normalized spacial score (nSPS) is 14.1. The van der Waals surface area contributed by atoms with Crippen LogP contribution in [0.3, 0.4) is 0 Å². The van der Waals surface area contributed by atoms with E-state index < -0.39 is 5.41 Å². The van der Waals surface area contributed by atoms with Gasteiger partial charge in [-0.2, -0.15) is 0 Å². The van der Waals surface area contributed by atoms with Crippen molar-refractivity contribution in [2.24, 2.45) is 0 Å². The smallest absolute Gasteiger partial charge is 0.0727 e. The predicted octanol–water partition coefficient (Wildman–Crippen LogP) is 17.7. The van der Waals surface area contributed by atoms with Gasteiger partial charge in [0.2, 0.25) is 0 Å². The Morgan fingerprint density at radius 2 is 0.786 bits per heavy atom. The van der Waals surface area contributed by atoms with Crippen molar-refractivity contribution >= 4 is 55.9 Å². The van der Waals surface area contributed by atoms with E-state index in [4.69, 9.17) is 0 Å². The van der Waals surface area contributed by atoms with Gasteiger partial charge in [0, 0.05) is 50.5 Å². The maximum atomic E-state index is 2.48. The Bertz CT molecular complexity index is 3930. The molecule has 1 unspecified atom stereocenters. The molecule has 12 aromatic rings. The lowest BCUT2D eigenvalue weighted by molar-refractivity contribution is 0.793. The lowest BCUT2D eigenvalue weighted by Gasteiger charge is -2.33. The molecule has 3 heteroatoms. The molecule has 3 nitrogen and oxygen atoms in total. The summed E-state index contributed by atoms with van der Waals surface area (Å²) in [6, 6.07) is 100. The zero-order valence-electron chi connectivity index (χ0n) is 38.3. The molecule has 1 atom stereocenters. The average Bonchev–Trinajstić information content (AvgIpc) is 4.04. The first-order valence-electron chi connectivity index (χ1n) is 24.2. The molecular weight excluding hydrogens is 847 g/mol. The summed E-state index contributed by atoms with van der Waals surface area (Å²) in [5.74, 6) is 0. The molecule has 70 heavy (non-hydrogen) atoms. The van der Waals surface area contributed by atoms with Crippen molar-refractivity contribution in [2.45, 2.75) is 5.41 Å². The summed E-state index contributed by atoms with van der Waals surface area (Å²) >= 11 is 0. The molecular formula is C67H45N3. The molecule has 0 bridgehead atoms. The number of fused-ring (bicyclic) bond motifs is 13. The van der Waals surface area contributed by atoms with Gasteiger partial charge in [0.15, 0.2) is 0 Å². The molecule has 1 aromatic heterocycles. The summed E-state index contributed by atoms with van der Waals surface area (Å²) in [4.78, 5) is 4.89. The van der Waals surface area contributed by atoms with Crippen LogP contribution < -0.4 is 9.80 Å². The molecule has 0 fully saturated rings. The number of nitrogens with zero attached hydrogens (tertiary/aromatic N) is 3. The van der Waals surface area contributed by atoms with Crippen LogP contribution in [0.2, 0.25) is 0 Å². The molecule has 0 aliphatic heterocycles. The second kappa shape index (κ2) is 16.0. The standard InChI is InChI=1S/C67H45N3/c1-5-20-46(21-6-1)47-36-38-51(39-37-47)68(48-22-7-2-8-23-48)52-40-42-55-54-28-13-16-31-59(54)67(62(55)44-52)60-32-17-14-30-58(60)66-61(67)33-19-35-64(66)69(49-24-9-3-10-25-49)53-41-43-57-56-29-15-18-34-63(56)70(65(57)45-53)50-26-11-4-12-27-50/h1-45H. The summed E-state index contributed by atoms with van der Waals surface area (Å²) in [6.07, 6.45) is 0.